The van der Waals surface area contributed by atoms with Crippen molar-refractivity contribution in [1.82, 2.24) is 10.3 Å². The molecule has 0 saturated carbocycles. The van der Waals surface area contributed by atoms with Crippen LogP contribution in [0, 0.1) is 0 Å². The Bertz CT molecular complexity index is 421. The van der Waals surface area contributed by atoms with Gasteiger partial charge in [-0.15, -0.1) is 0 Å². The van der Waals surface area contributed by atoms with Gasteiger partial charge in [0.15, 0.2) is 0 Å². The first kappa shape index (κ1) is 15.6. The summed E-state index contributed by atoms with van der Waals surface area (Å²) >= 11 is 0. The molecular formula is C13H20N2O4. The van der Waals surface area contributed by atoms with E-state index in [-0.39, 0.29) is 5.69 Å². The highest BCUT2D eigenvalue weighted by Crippen LogP contribution is 2.12. The topological polar surface area (TPSA) is 80.7 Å². The first-order valence-electron chi connectivity index (χ1n) is 6.02. The number of aromatic nitrogens is 1. The molecule has 0 spiro atoms. The molecule has 1 atom stereocenters. The molecule has 0 saturated heterocycles. The Morgan fingerprint density at radius 2 is 2.21 bits per heavy atom. The van der Waals surface area contributed by atoms with Crippen LogP contribution in [0.3, 0.4) is 0 Å². The van der Waals surface area contributed by atoms with Crippen molar-refractivity contribution in [2.45, 2.75) is 26.2 Å². The lowest BCUT2D eigenvalue weighted by atomic mass is 10.1. The number of aliphatic hydroxyl groups excluding tert-OH is 1. The van der Waals surface area contributed by atoms with Crippen molar-refractivity contribution in [2.75, 3.05) is 20.8 Å². The van der Waals surface area contributed by atoms with Crippen LogP contribution in [0.15, 0.2) is 12.3 Å². The monoisotopic (exact) mass is 268 g/mol. The summed E-state index contributed by atoms with van der Waals surface area (Å²) in [5.41, 5.74) is 2.06. The Morgan fingerprint density at radius 3 is 2.79 bits per heavy atom. The van der Waals surface area contributed by atoms with Gasteiger partial charge in [-0.25, -0.2) is 9.78 Å². The highest BCUT2D eigenvalue weighted by atomic mass is 16.5. The van der Waals surface area contributed by atoms with E-state index >= 15 is 0 Å². The fourth-order valence-corrected chi connectivity index (χ4v) is 1.61. The van der Waals surface area contributed by atoms with Crippen molar-refractivity contribution in [1.29, 1.82) is 0 Å². The average molecular weight is 268 g/mol. The number of methoxy groups -OCH3 is 2. The number of nitrogens with zero attached hydrogens (tertiary/aromatic N) is 1. The lowest BCUT2D eigenvalue weighted by Gasteiger charge is -2.12. The fraction of sp³-hybridized carbons (Fsp3) is 0.538. The molecule has 0 radical (unpaired) electrons. The molecule has 0 aliphatic heterocycles. The van der Waals surface area contributed by atoms with Crippen LogP contribution < -0.4 is 5.32 Å². The van der Waals surface area contributed by atoms with E-state index in [2.05, 4.69) is 15.0 Å². The van der Waals surface area contributed by atoms with Crippen molar-refractivity contribution < 1.29 is 19.4 Å². The van der Waals surface area contributed by atoms with E-state index in [1.54, 1.807) is 26.3 Å². The summed E-state index contributed by atoms with van der Waals surface area (Å²) in [5, 5.41) is 12.3. The van der Waals surface area contributed by atoms with Crippen LogP contribution in [0.4, 0.5) is 0 Å². The number of aliphatic hydroxyl groups is 1. The zero-order valence-corrected chi connectivity index (χ0v) is 11.5. The third-order valence-corrected chi connectivity index (χ3v) is 2.53. The summed E-state index contributed by atoms with van der Waals surface area (Å²) in [7, 11) is 2.91. The largest absolute Gasteiger partial charge is 0.464 e. The molecule has 1 unspecified atom stereocenters. The molecule has 2 N–H and O–H groups in total. The van der Waals surface area contributed by atoms with Gasteiger partial charge >= 0.3 is 5.97 Å². The second-order valence-electron chi connectivity index (χ2n) is 4.24. The van der Waals surface area contributed by atoms with Gasteiger partial charge in [0, 0.05) is 26.4 Å². The number of pyridine rings is 1. The van der Waals surface area contributed by atoms with E-state index in [1.165, 1.54) is 7.11 Å². The number of hydrogen-bond acceptors (Lipinski definition) is 6. The summed E-state index contributed by atoms with van der Waals surface area (Å²) in [4.78, 5) is 15.5. The van der Waals surface area contributed by atoms with Crippen LogP contribution in [-0.2, 0) is 22.6 Å². The summed E-state index contributed by atoms with van der Waals surface area (Å²) in [6.45, 7) is 3.14. The van der Waals surface area contributed by atoms with E-state index in [4.69, 9.17) is 4.74 Å². The molecule has 1 rings (SSSR count). The van der Waals surface area contributed by atoms with E-state index in [0.29, 0.717) is 19.7 Å². The maximum Gasteiger partial charge on any atom is 0.356 e. The molecule has 1 heterocycles. The summed E-state index contributed by atoms with van der Waals surface area (Å²) < 4.78 is 9.74. The molecule has 0 fully saturated rings. The molecule has 0 aliphatic carbocycles. The molecule has 19 heavy (non-hydrogen) atoms. The summed E-state index contributed by atoms with van der Waals surface area (Å²) in [6.07, 6.45) is 1.21. The van der Waals surface area contributed by atoms with Crippen molar-refractivity contribution in [3.63, 3.8) is 0 Å². The number of nitrogens with one attached hydrogen (secondary N) is 1. The Balaban J connectivity index is 2.82. The molecule has 0 aromatic carbocycles. The minimum atomic E-state index is -0.471. The number of carbonyl (C=O) groups excluding carboxylic acids is 1. The second kappa shape index (κ2) is 7.83. The predicted molar refractivity (Wildman–Crippen MR) is 69.7 cm³/mol. The SMILES string of the molecule is COCc1cc(C(=O)OC)ncc1CNCC(C)O. The van der Waals surface area contributed by atoms with Gasteiger partial charge in [0.25, 0.3) is 0 Å². The number of rotatable bonds is 7. The number of ether oxygens (including phenoxy) is 2. The number of esters is 1. The van der Waals surface area contributed by atoms with Crippen LogP contribution in [0.5, 0.6) is 0 Å². The maximum atomic E-state index is 11.4. The minimum absolute atomic E-state index is 0.258. The highest BCUT2D eigenvalue weighted by Gasteiger charge is 2.11. The molecule has 0 aliphatic rings. The van der Waals surface area contributed by atoms with Crippen LogP contribution in [0.1, 0.15) is 28.5 Å². The van der Waals surface area contributed by atoms with E-state index in [1.807, 2.05) is 0 Å². The van der Waals surface area contributed by atoms with Crippen LogP contribution in [0.2, 0.25) is 0 Å². The molecule has 0 bridgehead atoms. The molecule has 1 aromatic heterocycles. The van der Waals surface area contributed by atoms with Gasteiger partial charge < -0.3 is 19.9 Å². The lowest BCUT2D eigenvalue weighted by Crippen LogP contribution is -2.24. The Kier molecular flexibility index (Phi) is 6.41. The average Bonchev–Trinajstić information content (AvgIpc) is 2.39. The highest BCUT2D eigenvalue weighted by molar-refractivity contribution is 5.87. The van der Waals surface area contributed by atoms with Crippen LogP contribution in [0.25, 0.3) is 0 Å². The van der Waals surface area contributed by atoms with Crippen molar-refractivity contribution >= 4 is 5.97 Å². The first-order chi connectivity index (χ1) is 9.08. The lowest BCUT2D eigenvalue weighted by molar-refractivity contribution is 0.0593. The predicted octanol–water partition coefficient (Wildman–Crippen LogP) is 0.485. The Labute approximate surface area is 112 Å². The summed E-state index contributed by atoms with van der Waals surface area (Å²) in [6, 6.07) is 1.66. The van der Waals surface area contributed by atoms with Gasteiger partial charge in [-0.3, -0.25) is 0 Å². The van der Waals surface area contributed by atoms with Gasteiger partial charge in [-0.1, -0.05) is 0 Å². The van der Waals surface area contributed by atoms with Crippen molar-refractivity contribution in [2.24, 2.45) is 0 Å². The van der Waals surface area contributed by atoms with Gasteiger partial charge in [0.05, 0.1) is 19.8 Å². The van der Waals surface area contributed by atoms with Gasteiger partial charge in [-0.05, 0) is 24.1 Å². The van der Waals surface area contributed by atoms with E-state index < -0.39 is 12.1 Å². The van der Waals surface area contributed by atoms with E-state index in [9.17, 15) is 9.90 Å². The quantitative estimate of drug-likeness (QED) is 0.700. The molecule has 6 nitrogen and oxygen atoms in total. The molecular weight excluding hydrogens is 248 g/mol. The first-order valence-corrected chi connectivity index (χ1v) is 6.02. The van der Waals surface area contributed by atoms with Crippen LogP contribution >= 0.6 is 0 Å². The minimum Gasteiger partial charge on any atom is -0.464 e. The Hall–Kier alpha value is -1.50. The van der Waals surface area contributed by atoms with Crippen molar-refractivity contribution in [3.05, 3.63) is 29.1 Å². The number of carbonyl (C=O) groups is 1. The van der Waals surface area contributed by atoms with Crippen LogP contribution in [-0.4, -0.2) is 42.9 Å². The zero-order chi connectivity index (χ0) is 14.3. The standard InChI is InChI=1S/C13H20N2O4/c1-9(16)5-14-6-11-7-15-12(13(17)19-3)4-10(11)8-18-2/h4,7,9,14,16H,5-6,8H2,1-3H3. The third kappa shape index (κ3) is 4.94. The van der Waals surface area contributed by atoms with Gasteiger partial charge in [0.2, 0.25) is 0 Å². The number of hydrogen-bond donors (Lipinski definition) is 2. The third-order valence-electron chi connectivity index (χ3n) is 2.53. The normalized spacial score (nSPS) is 12.2. The fourth-order valence-electron chi connectivity index (χ4n) is 1.61. The molecule has 0 amide bonds. The molecule has 6 heteroatoms. The molecule has 106 valence electrons. The van der Waals surface area contributed by atoms with E-state index in [0.717, 1.165) is 11.1 Å². The van der Waals surface area contributed by atoms with Crippen molar-refractivity contribution in [3.8, 4) is 0 Å². The smallest absolute Gasteiger partial charge is 0.356 e. The zero-order valence-electron chi connectivity index (χ0n) is 11.5. The summed E-state index contributed by atoms with van der Waals surface area (Å²) in [5.74, 6) is -0.471. The van der Waals surface area contributed by atoms with Gasteiger partial charge in [-0.2, -0.15) is 0 Å². The molecule has 1 aromatic rings. The maximum absolute atomic E-state index is 11.4. The van der Waals surface area contributed by atoms with Gasteiger partial charge in [0.1, 0.15) is 5.69 Å². The Morgan fingerprint density at radius 1 is 1.47 bits per heavy atom. The second-order valence-corrected chi connectivity index (χ2v) is 4.24.